The highest BCUT2D eigenvalue weighted by molar-refractivity contribution is 6.09. The minimum absolute atomic E-state index is 0.0595. The summed E-state index contributed by atoms with van der Waals surface area (Å²) in [6.07, 6.45) is 4.27. The second kappa shape index (κ2) is 6.20. The lowest BCUT2D eigenvalue weighted by atomic mass is 10.2. The molecule has 0 fully saturated rings. The number of nitrogens with zero attached hydrogens (tertiary/aromatic N) is 2. The molecule has 6 nitrogen and oxygen atoms in total. The highest BCUT2D eigenvalue weighted by atomic mass is 16.5. The minimum atomic E-state index is -0.532. The predicted octanol–water partition coefficient (Wildman–Crippen LogP) is 2.23. The Bertz CT molecular complexity index is 652. The van der Waals surface area contributed by atoms with Gasteiger partial charge in [0.25, 0.3) is 5.91 Å². The fraction of sp³-hybridized carbons (Fsp3) is 0.0714. The van der Waals surface area contributed by atoms with E-state index in [2.05, 4.69) is 10.3 Å². The molecule has 2 aromatic rings. The number of hydrogen-bond acceptors (Lipinski definition) is 5. The summed E-state index contributed by atoms with van der Waals surface area (Å²) in [6.45, 7) is 0. The van der Waals surface area contributed by atoms with Crippen molar-refractivity contribution in [2.75, 3.05) is 12.4 Å². The number of rotatable bonds is 4. The zero-order chi connectivity index (χ0) is 14.4. The van der Waals surface area contributed by atoms with Crippen molar-refractivity contribution in [1.29, 1.82) is 5.26 Å². The third-order valence-corrected chi connectivity index (χ3v) is 2.40. The molecule has 0 bridgehead atoms. The van der Waals surface area contributed by atoms with Crippen molar-refractivity contribution < 1.29 is 13.9 Å². The Kier molecular flexibility index (Phi) is 4.14. The van der Waals surface area contributed by atoms with Gasteiger partial charge in [-0.3, -0.25) is 4.79 Å². The molecule has 0 spiro atoms. The first-order valence-electron chi connectivity index (χ1n) is 5.69. The van der Waals surface area contributed by atoms with E-state index >= 15 is 0 Å². The Morgan fingerprint density at radius 1 is 1.50 bits per heavy atom. The summed E-state index contributed by atoms with van der Waals surface area (Å²) in [5.74, 6) is 0.343. The van der Waals surface area contributed by atoms with Crippen LogP contribution in [0, 0.1) is 11.3 Å². The van der Waals surface area contributed by atoms with E-state index in [0.29, 0.717) is 17.3 Å². The maximum atomic E-state index is 11.9. The van der Waals surface area contributed by atoms with Crippen LogP contribution in [0.25, 0.3) is 6.08 Å². The van der Waals surface area contributed by atoms with E-state index in [-0.39, 0.29) is 5.57 Å². The number of furan rings is 1. The molecular formula is C14H11N3O3. The molecule has 100 valence electrons. The smallest absolute Gasteiger partial charge is 0.266 e. The Labute approximate surface area is 115 Å². The number of nitriles is 1. The molecule has 2 rings (SSSR count). The number of carbonyl (C=O) groups is 1. The molecule has 0 aliphatic rings. The van der Waals surface area contributed by atoms with E-state index in [1.54, 1.807) is 24.3 Å². The summed E-state index contributed by atoms with van der Waals surface area (Å²) < 4.78 is 9.97. The minimum Gasteiger partial charge on any atom is -0.481 e. The number of anilines is 1. The first-order chi connectivity index (χ1) is 9.72. The maximum Gasteiger partial charge on any atom is 0.266 e. The molecule has 20 heavy (non-hydrogen) atoms. The van der Waals surface area contributed by atoms with Crippen LogP contribution in [-0.2, 0) is 4.79 Å². The van der Waals surface area contributed by atoms with Crippen LogP contribution < -0.4 is 10.1 Å². The number of nitrogens with one attached hydrogen (secondary N) is 1. The van der Waals surface area contributed by atoms with E-state index in [9.17, 15) is 4.79 Å². The molecule has 0 aromatic carbocycles. The SMILES string of the molecule is COc1ccc(NC(=O)C(C#N)=Cc2ccco2)cn1. The third-order valence-electron chi connectivity index (χ3n) is 2.40. The Morgan fingerprint density at radius 2 is 2.35 bits per heavy atom. The molecule has 1 amide bonds. The van der Waals surface area contributed by atoms with Crippen LogP contribution in [0.2, 0.25) is 0 Å². The number of hydrogen-bond donors (Lipinski definition) is 1. The second-order valence-corrected chi connectivity index (χ2v) is 3.73. The van der Waals surface area contributed by atoms with E-state index in [4.69, 9.17) is 14.4 Å². The molecule has 0 saturated carbocycles. The normalized spacial score (nSPS) is 10.7. The van der Waals surface area contributed by atoms with E-state index in [1.165, 1.54) is 25.6 Å². The van der Waals surface area contributed by atoms with Crippen molar-refractivity contribution in [2.24, 2.45) is 0 Å². The molecule has 0 radical (unpaired) electrons. The first kappa shape index (κ1) is 13.4. The van der Waals surface area contributed by atoms with Crippen LogP contribution >= 0.6 is 0 Å². The molecule has 2 heterocycles. The van der Waals surface area contributed by atoms with Gasteiger partial charge in [-0.05, 0) is 18.2 Å². The fourth-order valence-corrected chi connectivity index (χ4v) is 1.44. The molecule has 0 aliphatic heterocycles. The van der Waals surface area contributed by atoms with Crippen molar-refractivity contribution in [2.45, 2.75) is 0 Å². The first-order valence-corrected chi connectivity index (χ1v) is 5.69. The van der Waals surface area contributed by atoms with Crippen molar-refractivity contribution >= 4 is 17.7 Å². The highest BCUT2D eigenvalue weighted by Gasteiger charge is 2.10. The van der Waals surface area contributed by atoms with E-state index in [1.807, 2.05) is 6.07 Å². The summed E-state index contributed by atoms with van der Waals surface area (Å²) in [4.78, 5) is 15.9. The monoisotopic (exact) mass is 269 g/mol. The van der Waals surface area contributed by atoms with Crippen LogP contribution in [0.5, 0.6) is 5.88 Å². The predicted molar refractivity (Wildman–Crippen MR) is 71.7 cm³/mol. The topological polar surface area (TPSA) is 88.1 Å². The Morgan fingerprint density at radius 3 is 2.90 bits per heavy atom. The van der Waals surface area contributed by atoms with E-state index in [0.717, 1.165) is 0 Å². The van der Waals surface area contributed by atoms with Crippen LogP contribution in [0.3, 0.4) is 0 Å². The summed E-state index contributed by atoms with van der Waals surface area (Å²) in [5, 5.41) is 11.6. The number of amides is 1. The van der Waals surface area contributed by atoms with Gasteiger partial charge < -0.3 is 14.5 Å². The molecule has 1 N–H and O–H groups in total. The van der Waals surface area contributed by atoms with Crippen molar-refractivity contribution in [3.8, 4) is 11.9 Å². The summed E-state index contributed by atoms with van der Waals surface area (Å²) in [7, 11) is 1.50. The molecule has 2 aromatic heterocycles. The maximum absolute atomic E-state index is 11.9. The summed E-state index contributed by atoms with van der Waals surface area (Å²) in [5.41, 5.74) is 0.409. The van der Waals surface area contributed by atoms with Gasteiger partial charge in [-0.2, -0.15) is 5.26 Å². The van der Waals surface area contributed by atoms with Crippen LogP contribution in [0.4, 0.5) is 5.69 Å². The number of aromatic nitrogens is 1. The quantitative estimate of drug-likeness (QED) is 0.679. The molecule has 0 aliphatic carbocycles. The molecule has 6 heteroatoms. The van der Waals surface area contributed by atoms with Gasteiger partial charge in [0.1, 0.15) is 17.4 Å². The van der Waals surface area contributed by atoms with Gasteiger partial charge in [0.2, 0.25) is 5.88 Å². The largest absolute Gasteiger partial charge is 0.481 e. The average Bonchev–Trinajstić information content (AvgIpc) is 2.98. The molecule has 0 atom stereocenters. The molecule has 0 saturated heterocycles. The van der Waals surface area contributed by atoms with Gasteiger partial charge >= 0.3 is 0 Å². The van der Waals surface area contributed by atoms with Crippen LogP contribution in [-0.4, -0.2) is 18.0 Å². The lowest BCUT2D eigenvalue weighted by molar-refractivity contribution is -0.112. The summed E-state index contributed by atoms with van der Waals surface area (Å²) >= 11 is 0. The van der Waals surface area contributed by atoms with Crippen molar-refractivity contribution in [3.05, 3.63) is 48.1 Å². The number of ether oxygens (including phenoxy) is 1. The second-order valence-electron chi connectivity index (χ2n) is 3.73. The average molecular weight is 269 g/mol. The fourth-order valence-electron chi connectivity index (χ4n) is 1.44. The van der Waals surface area contributed by atoms with Crippen LogP contribution in [0.1, 0.15) is 5.76 Å². The van der Waals surface area contributed by atoms with Crippen molar-refractivity contribution in [3.63, 3.8) is 0 Å². The number of carbonyl (C=O) groups excluding carboxylic acids is 1. The van der Waals surface area contributed by atoms with Gasteiger partial charge in [0.05, 0.1) is 25.3 Å². The molecular weight excluding hydrogens is 258 g/mol. The van der Waals surface area contributed by atoms with Crippen LogP contribution in [0.15, 0.2) is 46.7 Å². The zero-order valence-corrected chi connectivity index (χ0v) is 10.7. The van der Waals surface area contributed by atoms with Gasteiger partial charge in [0.15, 0.2) is 0 Å². The van der Waals surface area contributed by atoms with Crippen molar-refractivity contribution in [1.82, 2.24) is 4.98 Å². The van der Waals surface area contributed by atoms with Gasteiger partial charge in [0, 0.05) is 12.1 Å². The Hall–Kier alpha value is -3.07. The number of methoxy groups -OCH3 is 1. The highest BCUT2D eigenvalue weighted by Crippen LogP contribution is 2.13. The lowest BCUT2D eigenvalue weighted by Gasteiger charge is -2.04. The lowest BCUT2D eigenvalue weighted by Crippen LogP contribution is -2.13. The Balaban J connectivity index is 2.11. The number of pyridine rings is 1. The molecule has 0 unspecified atom stereocenters. The standard InChI is InChI=1S/C14H11N3O3/c1-19-13-5-4-11(9-16-13)17-14(18)10(8-15)7-12-3-2-6-20-12/h2-7,9H,1H3,(H,17,18). The van der Waals surface area contributed by atoms with E-state index < -0.39 is 5.91 Å². The third kappa shape index (κ3) is 3.23. The summed E-state index contributed by atoms with van der Waals surface area (Å²) in [6, 6.07) is 8.39. The van der Waals surface area contributed by atoms with Gasteiger partial charge in [-0.15, -0.1) is 0 Å². The van der Waals surface area contributed by atoms with Gasteiger partial charge in [-0.1, -0.05) is 0 Å². The van der Waals surface area contributed by atoms with Gasteiger partial charge in [-0.25, -0.2) is 4.98 Å². The zero-order valence-electron chi connectivity index (χ0n) is 10.7.